The Hall–Kier alpha value is -4.09. The summed E-state index contributed by atoms with van der Waals surface area (Å²) < 4.78 is 7.00. The maximum atomic E-state index is 13.1. The Morgan fingerprint density at radius 1 is 1.06 bits per heavy atom. The Balaban J connectivity index is 1.34. The first-order valence-corrected chi connectivity index (χ1v) is 11.3. The summed E-state index contributed by atoms with van der Waals surface area (Å²) in [6, 6.07) is 0. The van der Waals surface area contributed by atoms with Crippen LogP contribution in [0.4, 0.5) is 22.0 Å². The summed E-state index contributed by atoms with van der Waals surface area (Å²) >= 11 is 0. The second kappa shape index (κ2) is 9.41. The molecule has 2 fully saturated rings. The van der Waals surface area contributed by atoms with Gasteiger partial charge in [0.25, 0.3) is 11.8 Å². The molecule has 2 aliphatic rings. The van der Waals surface area contributed by atoms with Crippen LogP contribution in [0.3, 0.4) is 0 Å². The molecule has 12 nitrogen and oxygen atoms in total. The van der Waals surface area contributed by atoms with E-state index in [2.05, 4.69) is 35.7 Å². The van der Waals surface area contributed by atoms with Crippen molar-refractivity contribution < 1.29 is 14.3 Å². The molecule has 1 saturated carbocycles. The van der Waals surface area contributed by atoms with Crippen molar-refractivity contribution in [3.05, 3.63) is 42.5 Å². The Labute approximate surface area is 195 Å². The molecule has 1 aliphatic carbocycles. The highest BCUT2D eigenvalue weighted by Gasteiger charge is 2.28. The first kappa shape index (κ1) is 21.7. The zero-order chi connectivity index (χ0) is 23.5. The van der Waals surface area contributed by atoms with Crippen LogP contribution in [-0.4, -0.2) is 59.7 Å². The Morgan fingerprint density at radius 2 is 1.82 bits per heavy atom. The van der Waals surface area contributed by atoms with Crippen molar-refractivity contribution in [2.24, 2.45) is 7.05 Å². The lowest BCUT2D eigenvalue weighted by Gasteiger charge is -2.26. The number of carbonyl (C=O) groups excluding carboxylic acids is 2. The molecule has 4 heterocycles. The molecule has 5 rings (SSSR count). The van der Waals surface area contributed by atoms with Crippen LogP contribution in [0.15, 0.2) is 31.1 Å². The molecule has 0 unspecified atom stereocenters. The number of nitrogens with one attached hydrogen (secondary N) is 2. The average Bonchev–Trinajstić information content (AvgIpc) is 3.64. The summed E-state index contributed by atoms with van der Waals surface area (Å²) in [6.07, 6.45) is 12.0. The predicted molar refractivity (Wildman–Crippen MR) is 122 cm³/mol. The molecule has 0 bridgehead atoms. The summed E-state index contributed by atoms with van der Waals surface area (Å²) in [5.41, 5.74) is 1.92. The van der Waals surface area contributed by atoms with E-state index >= 15 is 0 Å². The maximum Gasteiger partial charge on any atom is 0.418 e. The number of hydrogen-bond donors (Lipinski definition) is 2. The van der Waals surface area contributed by atoms with E-state index in [9.17, 15) is 9.59 Å². The van der Waals surface area contributed by atoms with Gasteiger partial charge in [0.05, 0.1) is 41.9 Å². The SMILES string of the molecule is Cn1ncc(NC(=O)Oc2nc(C3CC3)cnc2Nc2cncnc2)c1C(=O)N1CCCCC1. The third kappa shape index (κ3) is 4.80. The molecule has 0 aromatic carbocycles. The normalized spacial score (nSPS) is 15.6. The number of hydrogen-bond acceptors (Lipinski definition) is 9. The lowest BCUT2D eigenvalue weighted by Crippen LogP contribution is -2.37. The molecule has 2 amide bonds. The third-order valence-corrected chi connectivity index (χ3v) is 5.79. The van der Waals surface area contributed by atoms with Crippen LogP contribution in [0.5, 0.6) is 5.88 Å². The largest absolute Gasteiger partial charge is 0.418 e. The van der Waals surface area contributed by atoms with E-state index in [0.717, 1.165) is 37.8 Å². The summed E-state index contributed by atoms with van der Waals surface area (Å²) in [7, 11) is 1.67. The number of anilines is 3. The van der Waals surface area contributed by atoms with Gasteiger partial charge in [0.2, 0.25) is 0 Å². The molecule has 3 aromatic rings. The first-order valence-electron chi connectivity index (χ1n) is 11.3. The van der Waals surface area contributed by atoms with Crippen LogP contribution < -0.4 is 15.4 Å². The molecule has 0 atom stereocenters. The van der Waals surface area contributed by atoms with Gasteiger partial charge >= 0.3 is 6.09 Å². The number of rotatable bonds is 6. The van der Waals surface area contributed by atoms with Crippen molar-refractivity contribution in [2.75, 3.05) is 23.7 Å². The van der Waals surface area contributed by atoms with Gasteiger partial charge < -0.3 is 15.0 Å². The zero-order valence-electron chi connectivity index (χ0n) is 18.8. The standard InChI is InChI=1S/C22H25N9O3/c1-30-18(21(32)31-7-3-2-4-8-31)17(12-26-30)29-22(33)34-20-19(27-15-9-23-13-24-10-15)25-11-16(28-20)14-5-6-14/h9-14H,2-8H2,1H3,(H,25,27)(H,29,33). The minimum absolute atomic E-state index is 0.0264. The number of aromatic nitrogens is 6. The Kier molecular flexibility index (Phi) is 6.02. The fourth-order valence-corrected chi connectivity index (χ4v) is 3.87. The van der Waals surface area contributed by atoms with Crippen LogP contribution in [0, 0.1) is 0 Å². The molecule has 0 spiro atoms. The van der Waals surface area contributed by atoms with Gasteiger partial charge in [-0.05, 0) is 32.1 Å². The highest BCUT2D eigenvalue weighted by Crippen LogP contribution is 2.40. The second-order valence-corrected chi connectivity index (χ2v) is 8.37. The van der Waals surface area contributed by atoms with Gasteiger partial charge in [-0.25, -0.2) is 24.7 Å². The second-order valence-electron chi connectivity index (χ2n) is 8.37. The van der Waals surface area contributed by atoms with Crippen LogP contribution >= 0.6 is 0 Å². The fraction of sp³-hybridized carbons (Fsp3) is 0.409. The number of aryl methyl sites for hydroxylation is 1. The van der Waals surface area contributed by atoms with Crippen LogP contribution in [0.1, 0.15) is 54.2 Å². The van der Waals surface area contributed by atoms with Gasteiger partial charge in [0.1, 0.15) is 12.0 Å². The summed E-state index contributed by atoms with van der Waals surface area (Å²) in [4.78, 5) is 44.5. The molecular formula is C22H25N9O3. The molecule has 2 N–H and O–H groups in total. The molecule has 1 saturated heterocycles. The fourth-order valence-electron chi connectivity index (χ4n) is 3.87. The minimum atomic E-state index is -0.796. The highest BCUT2D eigenvalue weighted by atomic mass is 16.6. The number of carbonyl (C=O) groups is 2. The highest BCUT2D eigenvalue weighted by molar-refractivity contribution is 6.01. The predicted octanol–water partition coefficient (Wildman–Crippen LogP) is 2.86. The molecule has 0 radical (unpaired) electrons. The topological polar surface area (TPSA) is 140 Å². The number of amides is 2. The van der Waals surface area contributed by atoms with E-state index in [1.165, 1.54) is 17.2 Å². The monoisotopic (exact) mass is 463 g/mol. The van der Waals surface area contributed by atoms with Crippen molar-refractivity contribution in [3.63, 3.8) is 0 Å². The van der Waals surface area contributed by atoms with Crippen molar-refractivity contribution in [3.8, 4) is 5.88 Å². The molecule has 1 aliphatic heterocycles. The number of nitrogens with zero attached hydrogens (tertiary/aromatic N) is 7. The first-order chi connectivity index (χ1) is 16.6. The van der Waals surface area contributed by atoms with Gasteiger partial charge in [0.15, 0.2) is 5.82 Å². The Bertz CT molecular complexity index is 1190. The van der Waals surface area contributed by atoms with E-state index in [1.54, 1.807) is 30.5 Å². The summed E-state index contributed by atoms with van der Waals surface area (Å²) in [5.74, 6) is 0.430. The van der Waals surface area contributed by atoms with E-state index in [4.69, 9.17) is 4.74 Å². The van der Waals surface area contributed by atoms with Gasteiger partial charge in [-0.15, -0.1) is 0 Å². The van der Waals surface area contributed by atoms with Crippen LogP contribution in [0.25, 0.3) is 0 Å². The number of piperidine rings is 1. The number of likely N-dealkylation sites (tertiary alicyclic amines) is 1. The zero-order valence-corrected chi connectivity index (χ0v) is 18.8. The van der Waals surface area contributed by atoms with Crippen molar-refractivity contribution in [1.29, 1.82) is 0 Å². The van der Waals surface area contributed by atoms with E-state index in [0.29, 0.717) is 30.4 Å². The van der Waals surface area contributed by atoms with Crippen molar-refractivity contribution in [2.45, 2.75) is 38.0 Å². The van der Waals surface area contributed by atoms with E-state index in [1.807, 2.05) is 0 Å². The third-order valence-electron chi connectivity index (χ3n) is 5.79. The lowest BCUT2D eigenvalue weighted by molar-refractivity contribution is 0.0714. The number of ether oxygens (including phenoxy) is 1. The maximum absolute atomic E-state index is 13.1. The van der Waals surface area contributed by atoms with Gasteiger partial charge in [-0.3, -0.25) is 14.8 Å². The van der Waals surface area contributed by atoms with Crippen LogP contribution in [-0.2, 0) is 7.05 Å². The van der Waals surface area contributed by atoms with E-state index < -0.39 is 6.09 Å². The van der Waals surface area contributed by atoms with Gasteiger partial charge in [-0.2, -0.15) is 5.10 Å². The molecule has 34 heavy (non-hydrogen) atoms. The molecule has 12 heteroatoms. The van der Waals surface area contributed by atoms with Gasteiger partial charge in [0, 0.05) is 26.1 Å². The lowest BCUT2D eigenvalue weighted by atomic mass is 10.1. The smallest absolute Gasteiger partial charge is 0.387 e. The molecule has 3 aromatic heterocycles. The summed E-state index contributed by atoms with van der Waals surface area (Å²) in [5, 5.41) is 9.82. The van der Waals surface area contributed by atoms with Crippen molar-refractivity contribution >= 4 is 29.2 Å². The molecule has 176 valence electrons. The summed E-state index contributed by atoms with van der Waals surface area (Å²) in [6.45, 7) is 1.38. The minimum Gasteiger partial charge on any atom is -0.387 e. The van der Waals surface area contributed by atoms with E-state index in [-0.39, 0.29) is 23.3 Å². The van der Waals surface area contributed by atoms with Crippen LogP contribution in [0.2, 0.25) is 0 Å². The average molecular weight is 464 g/mol. The quantitative estimate of drug-likeness (QED) is 0.564. The molecular weight excluding hydrogens is 438 g/mol. The van der Waals surface area contributed by atoms with Crippen molar-refractivity contribution in [1.82, 2.24) is 34.6 Å². The van der Waals surface area contributed by atoms with Gasteiger partial charge in [-0.1, -0.05) is 0 Å². The Morgan fingerprint density at radius 3 is 2.56 bits per heavy atom.